The van der Waals surface area contributed by atoms with Crippen LogP contribution < -0.4 is 5.32 Å². The highest BCUT2D eigenvalue weighted by Gasteiger charge is 2.05. The molecule has 84 valence electrons. The lowest BCUT2D eigenvalue weighted by atomic mass is 10.2. The van der Waals surface area contributed by atoms with Crippen LogP contribution in [-0.4, -0.2) is 31.5 Å². The van der Waals surface area contributed by atoms with Gasteiger partial charge in [0.15, 0.2) is 0 Å². The van der Waals surface area contributed by atoms with Crippen LogP contribution in [0, 0.1) is 6.92 Å². The van der Waals surface area contributed by atoms with Crippen molar-refractivity contribution in [1.29, 1.82) is 0 Å². The predicted molar refractivity (Wildman–Crippen MR) is 62.6 cm³/mol. The van der Waals surface area contributed by atoms with E-state index in [1.807, 2.05) is 25.1 Å². The van der Waals surface area contributed by atoms with Crippen LogP contribution in [0.25, 0.3) is 0 Å². The van der Waals surface area contributed by atoms with Crippen molar-refractivity contribution in [3.05, 3.63) is 28.8 Å². The van der Waals surface area contributed by atoms with Crippen LogP contribution in [0.15, 0.2) is 18.2 Å². The summed E-state index contributed by atoms with van der Waals surface area (Å²) in [5, 5.41) is 13.3. The molecule has 0 spiro atoms. The van der Waals surface area contributed by atoms with Crippen LogP contribution in [0.1, 0.15) is 5.56 Å². The van der Waals surface area contributed by atoms with E-state index in [4.69, 9.17) is 16.3 Å². The second-order valence-corrected chi connectivity index (χ2v) is 3.81. The monoisotopic (exact) mass is 229 g/mol. The second kappa shape index (κ2) is 5.95. The first-order valence-electron chi connectivity index (χ1n) is 4.81. The molecule has 0 radical (unpaired) electrons. The Bertz CT molecular complexity index is 317. The van der Waals surface area contributed by atoms with Gasteiger partial charge in [0.1, 0.15) is 0 Å². The van der Waals surface area contributed by atoms with Crippen molar-refractivity contribution in [3.63, 3.8) is 0 Å². The summed E-state index contributed by atoms with van der Waals surface area (Å²) >= 11 is 5.96. The molecule has 0 aliphatic rings. The van der Waals surface area contributed by atoms with Gasteiger partial charge in [0.2, 0.25) is 0 Å². The largest absolute Gasteiger partial charge is 0.389 e. The van der Waals surface area contributed by atoms with Gasteiger partial charge in [-0.1, -0.05) is 17.7 Å². The van der Waals surface area contributed by atoms with Crippen molar-refractivity contribution in [2.75, 3.05) is 25.6 Å². The molecule has 15 heavy (non-hydrogen) atoms. The van der Waals surface area contributed by atoms with E-state index in [1.165, 1.54) is 0 Å². The molecule has 0 fully saturated rings. The van der Waals surface area contributed by atoms with E-state index in [9.17, 15) is 5.11 Å². The predicted octanol–water partition coefficient (Wildman–Crippen LogP) is 2.07. The summed E-state index contributed by atoms with van der Waals surface area (Å²) in [6.07, 6.45) is -0.506. The Morgan fingerprint density at radius 2 is 2.27 bits per heavy atom. The fourth-order valence-corrected chi connectivity index (χ4v) is 1.45. The minimum Gasteiger partial charge on any atom is -0.389 e. The minimum atomic E-state index is -0.506. The Labute approximate surface area is 95.0 Å². The summed E-state index contributed by atoms with van der Waals surface area (Å²) in [7, 11) is 1.56. The van der Waals surface area contributed by atoms with E-state index in [0.29, 0.717) is 13.2 Å². The zero-order chi connectivity index (χ0) is 11.3. The lowest BCUT2D eigenvalue weighted by Gasteiger charge is -2.14. The van der Waals surface area contributed by atoms with E-state index in [0.717, 1.165) is 16.3 Å². The van der Waals surface area contributed by atoms with E-state index in [1.54, 1.807) is 7.11 Å². The topological polar surface area (TPSA) is 41.5 Å². The van der Waals surface area contributed by atoms with Crippen molar-refractivity contribution >= 4 is 17.3 Å². The van der Waals surface area contributed by atoms with Gasteiger partial charge in [0.25, 0.3) is 0 Å². The van der Waals surface area contributed by atoms with Crippen LogP contribution >= 0.6 is 11.6 Å². The molecule has 0 saturated heterocycles. The van der Waals surface area contributed by atoms with Gasteiger partial charge in [-0.15, -0.1) is 0 Å². The lowest BCUT2D eigenvalue weighted by molar-refractivity contribution is 0.0727. The quantitative estimate of drug-likeness (QED) is 0.812. The molecule has 1 rings (SSSR count). The molecule has 0 saturated carbocycles. The highest BCUT2D eigenvalue weighted by Crippen LogP contribution is 2.22. The van der Waals surface area contributed by atoms with Crippen LogP contribution in [0.2, 0.25) is 5.02 Å². The molecular weight excluding hydrogens is 214 g/mol. The highest BCUT2D eigenvalue weighted by atomic mass is 35.5. The number of benzene rings is 1. The molecule has 3 nitrogen and oxygen atoms in total. The molecule has 0 bridgehead atoms. The van der Waals surface area contributed by atoms with E-state index in [-0.39, 0.29) is 0 Å². The summed E-state index contributed by atoms with van der Waals surface area (Å²) in [5.41, 5.74) is 1.93. The molecule has 0 aliphatic heterocycles. The fraction of sp³-hybridized carbons (Fsp3) is 0.455. The zero-order valence-corrected chi connectivity index (χ0v) is 9.71. The molecule has 1 aromatic rings. The van der Waals surface area contributed by atoms with Crippen molar-refractivity contribution < 1.29 is 9.84 Å². The Hall–Kier alpha value is -0.770. The fourth-order valence-electron chi connectivity index (χ4n) is 1.28. The maximum absolute atomic E-state index is 9.45. The van der Waals surface area contributed by atoms with Gasteiger partial charge in [-0.3, -0.25) is 0 Å². The first-order valence-corrected chi connectivity index (χ1v) is 5.19. The number of hydrogen-bond acceptors (Lipinski definition) is 3. The molecule has 4 heteroatoms. The first kappa shape index (κ1) is 12.3. The Balaban J connectivity index is 2.54. The number of aliphatic hydroxyl groups excluding tert-OH is 1. The number of ether oxygens (including phenoxy) is 1. The van der Waals surface area contributed by atoms with Crippen molar-refractivity contribution in [3.8, 4) is 0 Å². The average molecular weight is 230 g/mol. The van der Waals surface area contributed by atoms with Gasteiger partial charge in [0, 0.05) is 24.4 Å². The van der Waals surface area contributed by atoms with E-state index in [2.05, 4.69) is 5.32 Å². The number of methoxy groups -OCH3 is 1. The van der Waals surface area contributed by atoms with Crippen LogP contribution in [-0.2, 0) is 4.74 Å². The molecule has 1 atom stereocenters. The third-order valence-corrected chi connectivity index (χ3v) is 2.56. The molecule has 0 aromatic heterocycles. The van der Waals surface area contributed by atoms with Crippen molar-refractivity contribution in [1.82, 2.24) is 0 Å². The highest BCUT2D eigenvalue weighted by molar-refractivity contribution is 6.31. The van der Waals surface area contributed by atoms with Crippen molar-refractivity contribution in [2.24, 2.45) is 0 Å². The van der Waals surface area contributed by atoms with E-state index >= 15 is 0 Å². The average Bonchev–Trinajstić information content (AvgIpc) is 2.21. The molecule has 0 heterocycles. The number of rotatable bonds is 5. The molecule has 1 aromatic carbocycles. The maximum atomic E-state index is 9.45. The normalized spacial score (nSPS) is 12.5. The smallest absolute Gasteiger partial charge is 0.0945 e. The molecule has 1 unspecified atom stereocenters. The molecule has 0 aliphatic carbocycles. The summed E-state index contributed by atoms with van der Waals surface area (Å²) in [5.74, 6) is 0. The number of hydrogen-bond donors (Lipinski definition) is 2. The number of halogens is 1. The van der Waals surface area contributed by atoms with Crippen molar-refractivity contribution in [2.45, 2.75) is 13.0 Å². The van der Waals surface area contributed by atoms with Gasteiger partial charge in [-0.05, 0) is 24.6 Å². The zero-order valence-electron chi connectivity index (χ0n) is 8.96. The van der Waals surface area contributed by atoms with Gasteiger partial charge in [0.05, 0.1) is 12.7 Å². The van der Waals surface area contributed by atoms with Gasteiger partial charge in [-0.25, -0.2) is 0 Å². The number of nitrogens with one attached hydrogen (secondary N) is 1. The van der Waals surface area contributed by atoms with Crippen LogP contribution in [0.5, 0.6) is 0 Å². The Kier molecular flexibility index (Phi) is 4.88. The third-order valence-electron chi connectivity index (χ3n) is 2.15. The van der Waals surface area contributed by atoms with Crippen LogP contribution in [0.4, 0.5) is 5.69 Å². The van der Waals surface area contributed by atoms with Crippen LogP contribution in [0.3, 0.4) is 0 Å². The maximum Gasteiger partial charge on any atom is 0.0945 e. The SMILES string of the molecule is COCC(O)CNc1cccc(Cl)c1C. The number of anilines is 1. The molecule has 2 N–H and O–H groups in total. The molecule has 0 amide bonds. The first-order chi connectivity index (χ1) is 7.15. The standard InChI is InChI=1S/C11H16ClNO2/c1-8-10(12)4-3-5-11(8)13-6-9(14)7-15-2/h3-5,9,13-14H,6-7H2,1-2H3. The van der Waals surface area contributed by atoms with Gasteiger partial charge >= 0.3 is 0 Å². The van der Waals surface area contributed by atoms with E-state index < -0.39 is 6.10 Å². The third kappa shape index (κ3) is 3.70. The summed E-state index contributed by atoms with van der Waals surface area (Å²) in [6.45, 7) is 2.72. The lowest BCUT2D eigenvalue weighted by Crippen LogP contribution is -2.24. The van der Waals surface area contributed by atoms with Gasteiger partial charge < -0.3 is 15.2 Å². The number of aliphatic hydroxyl groups is 1. The Morgan fingerprint density at radius 3 is 2.93 bits per heavy atom. The second-order valence-electron chi connectivity index (χ2n) is 3.40. The summed E-state index contributed by atoms with van der Waals surface area (Å²) in [6, 6.07) is 5.65. The summed E-state index contributed by atoms with van der Waals surface area (Å²) in [4.78, 5) is 0. The minimum absolute atomic E-state index is 0.326. The Morgan fingerprint density at radius 1 is 1.53 bits per heavy atom. The van der Waals surface area contributed by atoms with Gasteiger partial charge in [-0.2, -0.15) is 0 Å². The summed E-state index contributed by atoms with van der Waals surface area (Å²) < 4.78 is 4.83. The molecular formula is C11H16ClNO2.